The predicted octanol–water partition coefficient (Wildman–Crippen LogP) is -0.908. The molecule has 0 saturated heterocycles. The maximum atomic E-state index is 10.7. The molecule has 0 aliphatic rings. The molecule has 4 N–H and O–H groups in total. The van der Waals surface area contributed by atoms with Crippen molar-refractivity contribution in [2.45, 2.75) is 6.42 Å². The fourth-order valence-corrected chi connectivity index (χ4v) is 0.520. The van der Waals surface area contributed by atoms with Gasteiger partial charge in [0.1, 0.15) is 0 Å². The van der Waals surface area contributed by atoms with E-state index < -0.39 is 11.9 Å². The Morgan fingerprint density at radius 1 is 1.42 bits per heavy atom. The maximum absolute atomic E-state index is 10.7. The van der Waals surface area contributed by atoms with E-state index in [-0.39, 0.29) is 0 Å². The molecule has 12 heavy (non-hydrogen) atoms. The molecule has 0 aliphatic heterocycles. The van der Waals surface area contributed by atoms with Crippen LogP contribution >= 0.6 is 0 Å². The van der Waals surface area contributed by atoms with Crippen LogP contribution in [-0.2, 0) is 9.59 Å². The fraction of sp³-hybridized carbons (Fsp3) is 0.429. The highest BCUT2D eigenvalue weighted by Gasteiger charge is 1.94. The van der Waals surface area contributed by atoms with Gasteiger partial charge in [0.25, 0.3) is 0 Å². The molecule has 1 amide bonds. The van der Waals surface area contributed by atoms with Crippen LogP contribution in [0.5, 0.6) is 0 Å². The largest absolute Gasteiger partial charge is 0.478 e. The number of carbonyl (C=O) groups excluding carboxylic acids is 1. The monoisotopic (exact) mass is 172 g/mol. The minimum atomic E-state index is -1.14. The molecular weight excluding hydrogens is 160 g/mol. The number of carboxylic acid groups (broad SMARTS) is 1. The average molecular weight is 172 g/mol. The van der Waals surface area contributed by atoms with Gasteiger partial charge in [0.15, 0.2) is 0 Å². The number of hydrogen-bond acceptors (Lipinski definition) is 3. The van der Waals surface area contributed by atoms with E-state index in [0.717, 1.165) is 12.2 Å². The van der Waals surface area contributed by atoms with Crippen LogP contribution in [0.4, 0.5) is 0 Å². The van der Waals surface area contributed by atoms with Crippen LogP contribution in [0, 0.1) is 0 Å². The Bertz CT molecular complexity index is 189. The Morgan fingerprint density at radius 3 is 2.58 bits per heavy atom. The van der Waals surface area contributed by atoms with Gasteiger partial charge >= 0.3 is 5.97 Å². The Kier molecular flexibility index (Phi) is 5.64. The summed E-state index contributed by atoms with van der Waals surface area (Å²) in [6.45, 7) is 0.974. The average Bonchev–Trinajstić information content (AvgIpc) is 2.01. The van der Waals surface area contributed by atoms with Gasteiger partial charge < -0.3 is 16.2 Å². The van der Waals surface area contributed by atoms with Crippen molar-refractivity contribution in [3.05, 3.63) is 12.2 Å². The number of carboxylic acids is 1. The van der Waals surface area contributed by atoms with Crippen LogP contribution in [0.2, 0.25) is 0 Å². The smallest absolute Gasteiger partial charge is 0.328 e. The molecule has 0 unspecified atom stereocenters. The second-order valence-corrected chi connectivity index (χ2v) is 2.10. The third-order valence-electron chi connectivity index (χ3n) is 1.06. The molecular formula is C7H12N2O3. The van der Waals surface area contributed by atoms with Crippen molar-refractivity contribution in [1.29, 1.82) is 0 Å². The van der Waals surface area contributed by atoms with E-state index >= 15 is 0 Å². The van der Waals surface area contributed by atoms with Crippen LogP contribution in [0.3, 0.4) is 0 Å². The van der Waals surface area contributed by atoms with Crippen molar-refractivity contribution in [3.63, 3.8) is 0 Å². The van der Waals surface area contributed by atoms with E-state index in [0.29, 0.717) is 19.5 Å². The maximum Gasteiger partial charge on any atom is 0.328 e. The molecule has 0 rings (SSSR count). The zero-order chi connectivity index (χ0) is 9.40. The summed E-state index contributed by atoms with van der Waals surface area (Å²) >= 11 is 0. The molecule has 0 heterocycles. The first kappa shape index (κ1) is 10.6. The number of aliphatic carboxylic acids is 1. The van der Waals surface area contributed by atoms with Crippen LogP contribution in [0.1, 0.15) is 6.42 Å². The summed E-state index contributed by atoms with van der Waals surface area (Å²) in [7, 11) is 0. The molecule has 5 nitrogen and oxygen atoms in total. The van der Waals surface area contributed by atoms with Gasteiger partial charge in [0.05, 0.1) is 0 Å². The predicted molar refractivity (Wildman–Crippen MR) is 43.5 cm³/mol. The van der Waals surface area contributed by atoms with Crippen molar-refractivity contribution in [1.82, 2.24) is 5.32 Å². The molecule has 0 aromatic heterocycles. The molecule has 0 fully saturated rings. The number of carbonyl (C=O) groups is 2. The van der Waals surface area contributed by atoms with Crippen molar-refractivity contribution in [3.8, 4) is 0 Å². The number of hydrogen-bond donors (Lipinski definition) is 3. The lowest BCUT2D eigenvalue weighted by Gasteiger charge is -1.97. The summed E-state index contributed by atoms with van der Waals surface area (Å²) in [5.41, 5.74) is 5.17. The zero-order valence-corrected chi connectivity index (χ0v) is 6.62. The highest BCUT2D eigenvalue weighted by molar-refractivity contribution is 5.93. The van der Waals surface area contributed by atoms with Crippen molar-refractivity contribution in [2.75, 3.05) is 13.1 Å². The third kappa shape index (κ3) is 6.76. The first-order valence-corrected chi connectivity index (χ1v) is 3.55. The van der Waals surface area contributed by atoms with Crippen molar-refractivity contribution < 1.29 is 14.7 Å². The van der Waals surface area contributed by atoms with E-state index in [9.17, 15) is 9.59 Å². The van der Waals surface area contributed by atoms with E-state index in [4.69, 9.17) is 10.8 Å². The highest BCUT2D eigenvalue weighted by Crippen LogP contribution is 1.75. The summed E-state index contributed by atoms with van der Waals surface area (Å²) in [6, 6.07) is 0. The lowest BCUT2D eigenvalue weighted by atomic mass is 10.4. The second-order valence-electron chi connectivity index (χ2n) is 2.10. The first-order chi connectivity index (χ1) is 5.66. The van der Waals surface area contributed by atoms with Crippen LogP contribution < -0.4 is 11.1 Å². The van der Waals surface area contributed by atoms with Crippen LogP contribution in [0.25, 0.3) is 0 Å². The summed E-state index contributed by atoms with van der Waals surface area (Å²) < 4.78 is 0. The lowest BCUT2D eigenvalue weighted by molar-refractivity contribution is -0.131. The van der Waals surface area contributed by atoms with Gasteiger partial charge in [0.2, 0.25) is 5.91 Å². The molecule has 0 aliphatic carbocycles. The van der Waals surface area contributed by atoms with Gasteiger partial charge in [-0.25, -0.2) is 4.79 Å². The van der Waals surface area contributed by atoms with Crippen molar-refractivity contribution in [2.24, 2.45) is 5.73 Å². The molecule has 68 valence electrons. The lowest BCUT2D eigenvalue weighted by Crippen LogP contribution is -2.24. The summed E-state index contributed by atoms with van der Waals surface area (Å²) in [5, 5.41) is 10.6. The summed E-state index contributed by atoms with van der Waals surface area (Å²) in [5.74, 6) is -1.55. The van der Waals surface area contributed by atoms with Gasteiger partial charge in [-0.1, -0.05) is 0 Å². The van der Waals surface area contributed by atoms with Gasteiger partial charge in [-0.2, -0.15) is 0 Å². The highest BCUT2D eigenvalue weighted by atomic mass is 16.4. The fourth-order valence-electron chi connectivity index (χ4n) is 0.520. The molecule has 0 radical (unpaired) electrons. The number of rotatable bonds is 5. The number of nitrogens with two attached hydrogens (primary N) is 1. The molecule has 0 bridgehead atoms. The van der Waals surface area contributed by atoms with Gasteiger partial charge in [0, 0.05) is 18.7 Å². The second kappa shape index (κ2) is 6.36. The van der Waals surface area contributed by atoms with E-state index in [1.807, 2.05) is 0 Å². The quantitative estimate of drug-likeness (QED) is 0.370. The normalized spacial score (nSPS) is 10.1. The SMILES string of the molecule is NCCCNC(=O)C=CC(=O)O. The van der Waals surface area contributed by atoms with E-state index in [1.54, 1.807) is 0 Å². The standard InChI is InChI=1S/C7H12N2O3/c8-4-1-5-9-6(10)2-3-7(11)12/h2-3H,1,4-5,8H2,(H,9,10)(H,11,12). The molecule has 5 heteroatoms. The number of nitrogens with one attached hydrogen (secondary N) is 1. The minimum absolute atomic E-state index is 0.411. The van der Waals surface area contributed by atoms with E-state index in [1.165, 1.54) is 0 Å². The van der Waals surface area contributed by atoms with E-state index in [2.05, 4.69) is 5.32 Å². The Balaban J connectivity index is 3.53. The molecule has 0 saturated carbocycles. The van der Waals surface area contributed by atoms with Gasteiger partial charge in [-0.3, -0.25) is 4.79 Å². The summed E-state index contributed by atoms with van der Waals surface area (Å²) in [6.07, 6.45) is 2.45. The summed E-state index contributed by atoms with van der Waals surface area (Å²) in [4.78, 5) is 20.7. The van der Waals surface area contributed by atoms with Crippen molar-refractivity contribution >= 4 is 11.9 Å². The third-order valence-corrected chi connectivity index (χ3v) is 1.06. The Hall–Kier alpha value is -1.36. The Labute approximate surface area is 70.2 Å². The topological polar surface area (TPSA) is 92.4 Å². The Morgan fingerprint density at radius 2 is 2.08 bits per heavy atom. The molecule has 0 spiro atoms. The molecule has 0 aromatic carbocycles. The van der Waals surface area contributed by atoms with Crippen LogP contribution in [0.15, 0.2) is 12.2 Å². The molecule has 0 atom stereocenters. The first-order valence-electron chi connectivity index (χ1n) is 3.55. The number of amides is 1. The van der Waals surface area contributed by atoms with Gasteiger partial charge in [-0.15, -0.1) is 0 Å². The van der Waals surface area contributed by atoms with Gasteiger partial charge in [-0.05, 0) is 13.0 Å². The van der Waals surface area contributed by atoms with Crippen LogP contribution in [-0.4, -0.2) is 30.1 Å². The molecule has 0 aromatic rings. The minimum Gasteiger partial charge on any atom is -0.478 e. The zero-order valence-electron chi connectivity index (χ0n) is 6.62.